The van der Waals surface area contributed by atoms with E-state index in [9.17, 15) is 23.9 Å². The molecule has 2 aromatic rings. The number of ketones is 1. The fraction of sp³-hybridized carbons (Fsp3) is 0.364. The normalized spacial score (nSPS) is 19.8. The summed E-state index contributed by atoms with van der Waals surface area (Å²) in [5.41, 5.74) is 0.487. The van der Waals surface area contributed by atoms with Crippen LogP contribution in [0, 0.1) is 31.0 Å². The summed E-state index contributed by atoms with van der Waals surface area (Å²) in [5.74, 6) is -2.82. The highest BCUT2D eigenvalue weighted by Gasteiger charge is 2.42. The van der Waals surface area contributed by atoms with Crippen molar-refractivity contribution in [1.82, 2.24) is 9.88 Å². The van der Waals surface area contributed by atoms with Gasteiger partial charge >= 0.3 is 0 Å². The van der Waals surface area contributed by atoms with E-state index in [-0.39, 0.29) is 22.5 Å². The molecule has 1 fully saturated rings. The number of amides is 2. The van der Waals surface area contributed by atoms with Crippen molar-refractivity contribution in [3.05, 3.63) is 52.1 Å². The molecule has 9 heteroatoms. The zero-order valence-electron chi connectivity index (χ0n) is 17.7. The average molecular weight is 426 g/mol. The van der Waals surface area contributed by atoms with Gasteiger partial charge in [0.2, 0.25) is 0 Å². The van der Waals surface area contributed by atoms with E-state index in [1.54, 1.807) is 33.9 Å². The fourth-order valence-corrected chi connectivity index (χ4v) is 4.04. The lowest BCUT2D eigenvalue weighted by Crippen LogP contribution is -2.58. The third-order valence-electron chi connectivity index (χ3n) is 5.71. The quantitative estimate of drug-likeness (QED) is 0.499. The third kappa shape index (κ3) is 4.07. The average Bonchev–Trinajstić information content (AvgIpc) is 2.90. The Morgan fingerprint density at radius 3 is 2.52 bits per heavy atom. The molecule has 162 valence electrons. The Morgan fingerprint density at radius 1 is 1.29 bits per heavy atom. The summed E-state index contributed by atoms with van der Waals surface area (Å²) in [5, 5.41) is 23.7. The Kier molecular flexibility index (Phi) is 5.70. The Balaban J connectivity index is 1.86. The molecular formula is C22H23FN4O4. The van der Waals surface area contributed by atoms with Gasteiger partial charge in [-0.3, -0.25) is 14.4 Å². The second-order valence-corrected chi connectivity index (χ2v) is 8.16. The number of aromatic nitrogens is 1. The Morgan fingerprint density at radius 2 is 1.94 bits per heavy atom. The SMILES string of the molecule is Cc1c(C(=O)Nc2ccc(F)c(C#N)c2)c(C)n(C)c1C(=O)C(=O)NC1(C)CC(O)C1. The Hall–Kier alpha value is -3.51. The third-order valence-corrected chi connectivity index (χ3v) is 5.71. The van der Waals surface area contributed by atoms with Crippen molar-refractivity contribution in [2.24, 2.45) is 7.05 Å². The van der Waals surface area contributed by atoms with Crippen molar-refractivity contribution >= 4 is 23.3 Å². The maximum absolute atomic E-state index is 13.5. The molecule has 1 aromatic carbocycles. The van der Waals surface area contributed by atoms with Crippen LogP contribution in [-0.4, -0.2) is 38.9 Å². The van der Waals surface area contributed by atoms with Crippen molar-refractivity contribution in [1.29, 1.82) is 5.26 Å². The number of hydrogen-bond acceptors (Lipinski definition) is 5. The summed E-state index contributed by atoms with van der Waals surface area (Å²) in [6.45, 7) is 4.97. The first-order valence-electron chi connectivity index (χ1n) is 9.69. The van der Waals surface area contributed by atoms with Gasteiger partial charge in [0, 0.05) is 24.0 Å². The van der Waals surface area contributed by atoms with Crippen LogP contribution < -0.4 is 10.6 Å². The van der Waals surface area contributed by atoms with E-state index >= 15 is 0 Å². The number of benzene rings is 1. The molecule has 1 aliphatic rings. The van der Waals surface area contributed by atoms with E-state index in [1.807, 2.05) is 0 Å². The summed E-state index contributed by atoms with van der Waals surface area (Å²) in [7, 11) is 1.58. The lowest BCUT2D eigenvalue weighted by Gasteiger charge is -2.42. The standard InChI is InChI=1S/C22H23FN4O4/c1-11-17(20(30)25-14-5-6-16(23)13(7-14)10-24)12(2)27(4)18(11)19(29)21(31)26-22(3)8-15(28)9-22/h5-7,15,28H,8-9H2,1-4H3,(H,25,30)(H,26,31). The molecule has 31 heavy (non-hydrogen) atoms. The van der Waals surface area contributed by atoms with Crippen LogP contribution >= 0.6 is 0 Å². The first kappa shape index (κ1) is 22.2. The van der Waals surface area contributed by atoms with Crippen LogP contribution in [0.5, 0.6) is 0 Å². The number of aliphatic hydroxyl groups excluding tert-OH is 1. The van der Waals surface area contributed by atoms with E-state index in [0.29, 0.717) is 24.1 Å². The van der Waals surface area contributed by atoms with Crippen LogP contribution in [0.25, 0.3) is 0 Å². The number of rotatable bonds is 5. The van der Waals surface area contributed by atoms with Crippen molar-refractivity contribution in [3.8, 4) is 6.07 Å². The number of aliphatic hydroxyl groups is 1. The van der Waals surface area contributed by atoms with Crippen LogP contribution in [0.1, 0.15) is 57.4 Å². The molecule has 0 unspecified atom stereocenters. The minimum Gasteiger partial charge on any atom is -0.393 e. The van der Waals surface area contributed by atoms with Gasteiger partial charge in [0.25, 0.3) is 17.6 Å². The van der Waals surface area contributed by atoms with Gasteiger partial charge in [-0.25, -0.2) is 4.39 Å². The number of carbonyl (C=O) groups is 3. The lowest BCUT2D eigenvalue weighted by atomic mass is 9.76. The number of hydrogen-bond donors (Lipinski definition) is 3. The van der Waals surface area contributed by atoms with E-state index in [2.05, 4.69) is 10.6 Å². The molecule has 1 aliphatic carbocycles. The van der Waals surface area contributed by atoms with Gasteiger partial charge in [-0.2, -0.15) is 5.26 Å². The fourth-order valence-electron chi connectivity index (χ4n) is 4.04. The number of halogens is 1. The van der Waals surface area contributed by atoms with Crippen molar-refractivity contribution in [2.45, 2.75) is 45.3 Å². The summed E-state index contributed by atoms with van der Waals surface area (Å²) < 4.78 is 15.0. The van der Waals surface area contributed by atoms with Gasteiger partial charge in [-0.1, -0.05) is 0 Å². The zero-order chi connectivity index (χ0) is 23.1. The molecule has 0 bridgehead atoms. The molecule has 0 radical (unpaired) electrons. The van der Waals surface area contributed by atoms with Crippen molar-refractivity contribution in [3.63, 3.8) is 0 Å². The van der Waals surface area contributed by atoms with Gasteiger partial charge in [-0.15, -0.1) is 0 Å². The number of nitrogens with zero attached hydrogens (tertiary/aromatic N) is 2. The number of nitrogens with one attached hydrogen (secondary N) is 2. The minimum absolute atomic E-state index is 0.0837. The number of anilines is 1. The highest BCUT2D eigenvalue weighted by Crippen LogP contribution is 2.32. The first-order chi connectivity index (χ1) is 14.5. The van der Waals surface area contributed by atoms with E-state index in [1.165, 1.54) is 16.7 Å². The molecular weight excluding hydrogens is 403 g/mol. The van der Waals surface area contributed by atoms with Crippen molar-refractivity contribution < 1.29 is 23.9 Å². The van der Waals surface area contributed by atoms with Gasteiger partial charge in [-0.05, 0) is 57.4 Å². The summed E-state index contributed by atoms with van der Waals surface area (Å²) >= 11 is 0. The second-order valence-electron chi connectivity index (χ2n) is 8.16. The first-order valence-corrected chi connectivity index (χ1v) is 9.69. The Bertz CT molecular complexity index is 1140. The summed E-state index contributed by atoms with van der Waals surface area (Å²) in [6, 6.07) is 5.33. The van der Waals surface area contributed by atoms with Crippen LogP contribution in [0.15, 0.2) is 18.2 Å². The van der Waals surface area contributed by atoms with Crippen molar-refractivity contribution in [2.75, 3.05) is 5.32 Å². The molecule has 0 spiro atoms. The van der Waals surface area contributed by atoms with Crippen LogP contribution in [0.3, 0.4) is 0 Å². The second kappa shape index (κ2) is 7.96. The maximum atomic E-state index is 13.5. The predicted octanol–water partition coefficient (Wildman–Crippen LogP) is 2.12. The van der Waals surface area contributed by atoms with Gasteiger partial charge < -0.3 is 20.3 Å². The zero-order valence-corrected chi connectivity index (χ0v) is 17.7. The number of nitriles is 1. The topological polar surface area (TPSA) is 124 Å². The van der Waals surface area contributed by atoms with E-state index in [4.69, 9.17) is 5.26 Å². The molecule has 8 nitrogen and oxygen atoms in total. The molecule has 0 aliphatic heterocycles. The molecule has 3 N–H and O–H groups in total. The highest BCUT2D eigenvalue weighted by atomic mass is 19.1. The number of carbonyl (C=O) groups excluding carboxylic acids is 3. The van der Waals surface area contributed by atoms with Crippen LogP contribution in [0.2, 0.25) is 0 Å². The van der Waals surface area contributed by atoms with Gasteiger partial charge in [0.05, 0.1) is 22.9 Å². The molecule has 3 rings (SSSR count). The van der Waals surface area contributed by atoms with Crippen LogP contribution in [-0.2, 0) is 11.8 Å². The molecule has 2 amide bonds. The number of Topliss-reactive ketones (excluding diaryl/α,β-unsaturated/α-hetero) is 1. The van der Waals surface area contributed by atoms with E-state index in [0.717, 1.165) is 6.07 Å². The van der Waals surface area contributed by atoms with Crippen LogP contribution in [0.4, 0.5) is 10.1 Å². The van der Waals surface area contributed by atoms with Gasteiger partial charge in [0.1, 0.15) is 11.9 Å². The molecule has 1 saturated carbocycles. The predicted molar refractivity (Wildman–Crippen MR) is 110 cm³/mol. The molecule has 0 atom stereocenters. The minimum atomic E-state index is -0.803. The lowest BCUT2D eigenvalue weighted by molar-refractivity contribution is -0.121. The monoisotopic (exact) mass is 426 g/mol. The van der Waals surface area contributed by atoms with E-state index < -0.39 is 35.1 Å². The smallest absolute Gasteiger partial charge is 0.294 e. The molecule has 1 heterocycles. The maximum Gasteiger partial charge on any atom is 0.294 e. The molecule has 0 saturated heterocycles. The highest BCUT2D eigenvalue weighted by molar-refractivity contribution is 6.43. The summed E-state index contributed by atoms with van der Waals surface area (Å²) in [6.07, 6.45) is 0.239. The molecule has 1 aromatic heterocycles. The Labute approximate surface area is 178 Å². The van der Waals surface area contributed by atoms with Gasteiger partial charge in [0.15, 0.2) is 0 Å². The summed E-state index contributed by atoms with van der Waals surface area (Å²) in [4.78, 5) is 38.3. The largest absolute Gasteiger partial charge is 0.393 e.